The molecule has 1 aromatic heterocycles. The normalized spacial score (nSPS) is 10.3. The van der Waals surface area contributed by atoms with Gasteiger partial charge in [0.1, 0.15) is 11.6 Å². The van der Waals surface area contributed by atoms with E-state index in [1.165, 1.54) is 24.3 Å². The molecule has 0 bridgehead atoms. The minimum absolute atomic E-state index is 0.0144. The molecule has 5 nitrogen and oxygen atoms in total. The molecule has 0 unspecified atom stereocenters. The van der Waals surface area contributed by atoms with Crippen molar-refractivity contribution in [3.8, 4) is 0 Å². The van der Waals surface area contributed by atoms with Gasteiger partial charge in [0.15, 0.2) is 0 Å². The first-order valence-corrected chi connectivity index (χ1v) is 5.83. The smallest absolute Gasteiger partial charge is 0.371 e. The molecule has 0 aliphatic carbocycles. The van der Waals surface area contributed by atoms with Crippen LogP contribution in [0.3, 0.4) is 0 Å². The summed E-state index contributed by atoms with van der Waals surface area (Å²) in [5, 5.41) is 11.2. The summed E-state index contributed by atoms with van der Waals surface area (Å²) in [4.78, 5) is 22.4. The highest BCUT2D eigenvalue weighted by atomic mass is 19.1. The predicted octanol–water partition coefficient (Wildman–Crippen LogP) is 2.36. The molecule has 0 saturated heterocycles. The van der Waals surface area contributed by atoms with E-state index >= 15 is 0 Å². The topological polar surface area (TPSA) is 79.5 Å². The van der Waals surface area contributed by atoms with E-state index in [9.17, 15) is 14.0 Å². The van der Waals surface area contributed by atoms with Gasteiger partial charge in [-0.25, -0.2) is 9.18 Å². The zero-order valence-corrected chi connectivity index (χ0v) is 10.6. The van der Waals surface area contributed by atoms with Gasteiger partial charge in [-0.3, -0.25) is 4.79 Å². The van der Waals surface area contributed by atoms with E-state index in [1.54, 1.807) is 13.0 Å². The van der Waals surface area contributed by atoms with Crippen molar-refractivity contribution >= 4 is 11.9 Å². The third-order valence-corrected chi connectivity index (χ3v) is 2.66. The maximum Gasteiger partial charge on any atom is 0.371 e. The van der Waals surface area contributed by atoms with Crippen LogP contribution in [0.15, 0.2) is 34.7 Å². The molecule has 2 N–H and O–H groups in total. The fourth-order valence-corrected chi connectivity index (χ4v) is 1.66. The standard InChI is InChI=1S/C14H12FNO4/c1-8-2-4-11(15)10(6-8)13(17)16-7-9-3-5-12(20-9)14(18)19/h2-6H,7H2,1H3,(H,16,17)(H,18,19). The van der Waals surface area contributed by atoms with Crippen LogP contribution in [0.5, 0.6) is 0 Å². The lowest BCUT2D eigenvalue weighted by Crippen LogP contribution is -2.23. The Balaban J connectivity index is 2.04. The molecule has 20 heavy (non-hydrogen) atoms. The van der Waals surface area contributed by atoms with Crippen LogP contribution >= 0.6 is 0 Å². The summed E-state index contributed by atoms with van der Waals surface area (Å²) in [7, 11) is 0. The van der Waals surface area contributed by atoms with Crippen LogP contribution in [-0.4, -0.2) is 17.0 Å². The van der Waals surface area contributed by atoms with Crippen molar-refractivity contribution in [1.29, 1.82) is 0 Å². The van der Waals surface area contributed by atoms with E-state index in [4.69, 9.17) is 9.52 Å². The van der Waals surface area contributed by atoms with Gasteiger partial charge in [-0.1, -0.05) is 11.6 Å². The average molecular weight is 277 g/mol. The summed E-state index contributed by atoms with van der Waals surface area (Å²) in [6.45, 7) is 1.74. The molecule has 0 aliphatic heterocycles. The van der Waals surface area contributed by atoms with E-state index in [-0.39, 0.29) is 23.6 Å². The third kappa shape index (κ3) is 3.03. The number of aromatic carboxylic acids is 1. The van der Waals surface area contributed by atoms with Crippen molar-refractivity contribution in [3.63, 3.8) is 0 Å². The molecule has 2 rings (SSSR count). The molecule has 0 saturated carbocycles. The Kier molecular flexibility index (Phi) is 3.84. The molecular weight excluding hydrogens is 265 g/mol. The quantitative estimate of drug-likeness (QED) is 0.899. The predicted molar refractivity (Wildman–Crippen MR) is 68.0 cm³/mol. The zero-order chi connectivity index (χ0) is 14.7. The molecule has 0 atom stereocenters. The average Bonchev–Trinajstić information content (AvgIpc) is 2.88. The van der Waals surface area contributed by atoms with E-state index in [0.717, 1.165) is 5.56 Å². The van der Waals surface area contributed by atoms with Gasteiger partial charge in [-0.15, -0.1) is 0 Å². The number of halogens is 1. The molecule has 0 fully saturated rings. The fourth-order valence-electron chi connectivity index (χ4n) is 1.66. The molecule has 2 aromatic rings. The number of aryl methyl sites for hydroxylation is 1. The molecule has 0 spiro atoms. The summed E-state index contributed by atoms with van der Waals surface area (Å²) in [6, 6.07) is 6.96. The highest BCUT2D eigenvalue weighted by Gasteiger charge is 2.13. The summed E-state index contributed by atoms with van der Waals surface area (Å²) in [5.41, 5.74) is 0.706. The highest BCUT2D eigenvalue weighted by molar-refractivity contribution is 5.94. The Morgan fingerprint density at radius 3 is 2.70 bits per heavy atom. The summed E-state index contributed by atoms with van der Waals surface area (Å²) in [5.74, 6) is -2.31. The second kappa shape index (κ2) is 5.56. The van der Waals surface area contributed by atoms with Crippen molar-refractivity contribution in [2.24, 2.45) is 0 Å². The number of carbonyl (C=O) groups is 2. The van der Waals surface area contributed by atoms with E-state index in [1.807, 2.05) is 0 Å². The van der Waals surface area contributed by atoms with Crippen LogP contribution < -0.4 is 5.32 Å². The van der Waals surface area contributed by atoms with E-state index in [2.05, 4.69) is 5.32 Å². The maximum atomic E-state index is 13.5. The number of hydrogen-bond donors (Lipinski definition) is 2. The van der Waals surface area contributed by atoms with Crippen molar-refractivity contribution in [2.75, 3.05) is 0 Å². The van der Waals surface area contributed by atoms with Gasteiger partial charge < -0.3 is 14.8 Å². The number of nitrogens with one attached hydrogen (secondary N) is 1. The van der Waals surface area contributed by atoms with Gasteiger partial charge in [-0.05, 0) is 31.2 Å². The summed E-state index contributed by atoms with van der Waals surface area (Å²) >= 11 is 0. The van der Waals surface area contributed by atoms with Crippen molar-refractivity contribution in [2.45, 2.75) is 13.5 Å². The Hall–Kier alpha value is -2.63. The van der Waals surface area contributed by atoms with Crippen molar-refractivity contribution in [3.05, 3.63) is 58.8 Å². The number of carbonyl (C=O) groups excluding carboxylic acids is 1. The highest BCUT2D eigenvalue weighted by Crippen LogP contribution is 2.11. The number of carboxylic acids is 1. The number of hydrogen-bond acceptors (Lipinski definition) is 3. The maximum absolute atomic E-state index is 13.5. The minimum Gasteiger partial charge on any atom is -0.475 e. The van der Waals surface area contributed by atoms with Gasteiger partial charge in [0, 0.05) is 0 Å². The Labute approximate surface area is 114 Å². The monoisotopic (exact) mass is 277 g/mol. The SMILES string of the molecule is Cc1ccc(F)c(C(=O)NCc2ccc(C(=O)O)o2)c1. The molecule has 104 valence electrons. The number of benzene rings is 1. The number of amides is 1. The second-order valence-electron chi connectivity index (χ2n) is 4.24. The molecule has 1 aromatic carbocycles. The number of carboxylic acid groups (broad SMARTS) is 1. The van der Waals surface area contributed by atoms with Gasteiger partial charge in [0.05, 0.1) is 12.1 Å². The molecule has 0 aliphatic rings. The largest absolute Gasteiger partial charge is 0.475 e. The molecule has 1 heterocycles. The first-order chi connectivity index (χ1) is 9.47. The zero-order valence-electron chi connectivity index (χ0n) is 10.6. The third-order valence-electron chi connectivity index (χ3n) is 2.66. The van der Waals surface area contributed by atoms with Gasteiger partial charge in [-0.2, -0.15) is 0 Å². The first-order valence-electron chi connectivity index (χ1n) is 5.83. The lowest BCUT2D eigenvalue weighted by atomic mass is 10.1. The molecule has 6 heteroatoms. The summed E-state index contributed by atoms with van der Waals surface area (Å²) < 4.78 is 18.5. The van der Waals surface area contributed by atoms with Crippen LogP contribution in [-0.2, 0) is 6.54 Å². The van der Waals surface area contributed by atoms with Gasteiger partial charge >= 0.3 is 5.97 Å². The Bertz CT molecular complexity index is 663. The minimum atomic E-state index is -1.19. The number of furan rings is 1. The second-order valence-corrected chi connectivity index (χ2v) is 4.24. The molecular formula is C14H12FNO4. The van der Waals surface area contributed by atoms with Crippen LogP contribution in [0.25, 0.3) is 0 Å². The van der Waals surface area contributed by atoms with E-state index < -0.39 is 17.7 Å². The first kappa shape index (κ1) is 13.8. The van der Waals surface area contributed by atoms with E-state index in [0.29, 0.717) is 0 Å². The van der Waals surface area contributed by atoms with Gasteiger partial charge in [0.25, 0.3) is 5.91 Å². The van der Waals surface area contributed by atoms with Gasteiger partial charge in [0.2, 0.25) is 5.76 Å². The molecule has 1 amide bonds. The summed E-state index contributed by atoms with van der Waals surface area (Å²) in [6.07, 6.45) is 0. The molecule has 0 radical (unpaired) electrons. The van der Waals surface area contributed by atoms with Crippen molar-refractivity contribution < 1.29 is 23.5 Å². The lowest BCUT2D eigenvalue weighted by Gasteiger charge is -2.05. The fraction of sp³-hybridized carbons (Fsp3) is 0.143. The lowest BCUT2D eigenvalue weighted by molar-refractivity contribution is 0.0660. The van der Waals surface area contributed by atoms with Crippen LogP contribution in [0.4, 0.5) is 4.39 Å². The van der Waals surface area contributed by atoms with Crippen LogP contribution in [0.1, 0.15) is 32.2 Å². The number of rotatable bonds is 4. The Morgan fingerprint density at radius 2 is 2.05 bits per heavy atom. The Morgan fingerprint density at radius 1 is 1.30 bits per heavy atom. The van der Waals surface area contributed by atoms with Crippen LogP contribution in [0.2, 0.25) is 0 Å². The van der Waals surface area contributed by atoms with Crippen LogP contribution in [0, 0.1) is 12.7 Å². The van der Waals surface area contributed by atoms with Crippen molar-refractivity contribution in [1.82, 2.24) is 5.32 Å².